The van der Waals surface area contributed by atoms with Crippen LogP contribution in [-0.2, 0) is 14.3 Å². The summed E-state index contributed by atoms with van der Waals surface area (Å²) in [5, 5.41) is 0. The van der Waals surface area contributed by atoms with E-state index >= 15 is 0 Å². The van der Waals surface area contributed by atoms with Crippen LogP contribution in [0.15, 0.2) is 29.2 Å². The van der Waals surface area contributed by atoms with Gasteiger partial charge in [-0.15, -0.1) is 0 Å². The van der Waals surface area contributed by atoms with Crippen LogP contribution in [0.5, 0.6) is 0 Å². The van der Waals surface area contributed by atoms with Crippen LogP contribution in [0.4, 0.5) is 0 Å². The van der Waals surface area contributed by atoms with Gasteiger partial charge in [0.1, 0.15) is 0 Å². The van der Waals surface area contributed by atoms with Crippen molar-refractivity contribution in [3.8, 4) is 0 Å². The molecule has 2 fully saturated rings. The van der Waals surface area contributed by atoms with Gasteiger partial charge in [0, 0.05) is 38.3 Å². The Hall–Kier alpha value is -0.950. The highest BCUT2D eigenvalue weighted by Crippen LogP contribution is 2.31. The molecule has 1 heterocycles. The Bertz CT molecular complexity index is 643. The molecule has 0 spiro atoms. The standard InChI is InChI=1S/C18H28N2O3S/c1-14(2)19-8-10-20(11-9-19)16-12-17(13-16)23-24(21,22)18-6-4-15(3)5-7-18/h4-7,14,16-17H,8-13H2,1-3H3/t16-,17+. The molecule has 1 aromatic rings. The number of nitrogens with zero attached hydrogens (tertiary/aromatic N) is 2. The third-order valence-electron chi connectivity index (χ3n) is 5.24. The van der Waals surface area contributed by atoms with Crippen LogP contribution in [0.25, 0.3) is 0 Å². The zero-order valence-corrected chi connectivity index (χ0v) is 15.6. The van der Waals surface area contributed by atoms with Crippen LogP contribution in [0.3, 0.4) is 0 Å². The largest absolute Gasteiger partial charge is 0.298 e. The second-order valence-corrected chi connectivity index (χ2v) is 8.85. The van der Waals surface area contributed by atoms with E-state index in [0.717, 1.165) is 44.6 Å². The van der Waals surface area contributed by atoms with Crippen LogP contribution in [0, 0.1) is 6.92 Å². The average Bonchev–Trinajstić information content (AvgIpc) is 2.51. The summed E-state index contributed by atoms with van der Waals surface area (Å²) in [6, 6.07) is 7.90. The van der Waals surface area contributed by atoms with E-state index in [9.17, 15) is 8.42 Å². The van der Waals surface area contributed by atoms with Crippen molar-refractivity contribution in [2.45, 2.75) is 56.7 Å². The van der Waals surface area contributed by atoms with Gasteiger partial charge in [-0.1, -0.05) is 17.7 Å². The van der Waals surface area contributed by atoms with Crippen molar-refractivity contribution in [1.82, 2.24) is 9.80 Å². The topological polar surface area (TPSA) is 49.9 Å². The summed E-state index contributed by atoms with van der Waals surface area (Å²) in [5.41, 5.74) is 1.04. The summed E-state index contributed by atoms with van der Waals surface area (Å²) in [6.45, 7) is 10.7. The van der Waals surface area contributed by atoms with Crippen molar-refractivity contribution < 1.29 is 12.6 Å². The van der Waals surface area contributed by atoms with Crippen molar-refractivity contribution in [2.24, 2.45) is 0 Å². The van der Waals surface area contributed by atoms with Crippen LogP contribution < -0.4 is 0 Å². The van der Waals surface area contributed by atoms with Gasteiger partial charge in [-0.25, -0.2) is 0 Å². The highest BCUT2D eigenvalue weighted by Gasteiger charge is 2.38. The maximum Gasteiger partial charge on any atom is 0.297 e. The molecule has 1 aliphatic carbocycles. The molecule has 1 aromatic carbocycles. The van der Waals surface area contributed by atoms with Gasteiger partial charge in [-0.2, -0.15) is 8.42 Å². The van der Waals surface area contributed by atoms with Crippen LogP contribution in [0.2, 0.25) is 0 Å². The Balaban J connectivity index is 1.48. The van der Waals surface area contributed by atoms with Crippen molar-refractivity contribution in [3.63, 3.8) is 0 Å². The number of hydrogen-bond acceptors (Lipinski definition) is 5. The number of benzene rings is 1. The fourth-order valence-corrected chi connectivity index (χ4v) is 4.57. The van der Waals surface area contributed by atoms with Gasteiger partial charge in [0.2, 0.25) is 0 Å². The summed E-state index contributed by atoms with van der Waals surface area (Å²) < 4.78 is 30.0. The molecule has 5 nitrogen and oxygen atoms in total. The third kappa shape index (κ3) is 3.99. The van der Waals surface area contributed by atoms with Gasteiger partial charge in [0.05, 0.1) is 11.0 Å². The van der Waals surface area contributed by atoms with Gasteiger partial charge in [0.15, 0.2) is 0 Å². The normalized spacial score (nSPS) is 26.5. The molecule has 1 saturated heterocycles. The monoisotopic (exact) mass is 352 g/mol. The smallest absolute Gasteiger partial charge is 0.297 e. The van der Waals surface area contributed by atoms with E-state index < -0.39 is 10.1 Å². The predicted molar refractivity (Wildman–Crippen MR) is 94.5 cm³/mol. The maximum atomic E-state index is 12.3. The molecule has 134 valence electrons. The first-order valence-electron chi connectivity index (χ1n) is 8.83. The summed E-state index contributed by atoms with van der Waals surface area (Å²) in [6.07, 6.45) is 1.45. The van der Waals surface area contributed by atoms with Crippen molar-refractivity contribution in [2.75, 3.05) is 26.2 Å². The van der Waals surface area contributed by atoms with Crippen molar-refractivity contribution in [1.29, 1.82) is 0 Å². The lowest BCUT2D eigenvalue weighted by molar-refractivity contribution is -0.00754. The van der Waals surface area contributed by atoms with E-state index in [4.69, 9.17) is 4.18 Å². The Morgan fingerprint density at radius 2 is 1.62 bits per heavy atom. The molecular formula is C18H28N2O3S. The molecule has 0 unspecified atom stereocenters. The zero-order chi connectivity index (χ0) is 17.3. The minimum atomic E-state index is -3.64. The number of rotatable bonds is 5. The second-order valence-electron chi connectivity index (χ2n) is 7.28. The molecule has 0 aromatic heterocycles. The average molecular weight is 353 g/mol. The summed E-state index contributed by atoms with van der Waals surface area (Å²) in [4.78, 5) is 5.23. The van der Waals surface area contributed by atoms with Crippen molar-refractivity contribution in [3.05, 3.63) is 29.8 Å². The predicted octanol–water partition coefficient (Wildman–Crippen LogP) is 2.26. The van der Waals surface area contributed by atoms with E-state index in [2.05, 4.69) is 23.6 Å². The fraction of sp³-hybridized carbons (Fsp3) is 0.667. The fourth-order valence-electron chi connectivity index (χ4n) is 3.47. The summed E-state index contributed by atoms with van der Waals surface area (Å²) in [5.74, 6) is 0. The highest BCUT2D eigenvalue weighted by molar-refractivity contribution is 7.86. The number of aryl methyl sites for hydroxylation is 1. The lowest BCUT2D eigenvalue weighted by Gasteiger charge is -2.46. The number of hydrogen-bond donors (Lipinski definition) is 0. The van der Waals surface area contributed by atoms with E-state index in [-0.39, 0.29) is 11.0 Å². The lowest BCUT2D eigenvalue weighted by atomic mass is 9.87. The quantitative estimate of drug-likeness (QED) is 0.761. The third-order valence-corrected chi connectivity index (χ3v) is 6.61. The molecule has 0 radical (unpaired) electrons. The first kappa shape index (κ1) is 17.9. The van der Waals surface area contributed by atoms with Gasteiger partial charge >= 0.3 is 0 Å². The zero-order valence-electron chi connectivity index (χ0n) is 14.8. The van der Waals surface area contributed by atoms with Crippen LogP contribution in [0.1, 0.15) is 32.3 Å². The van der Waals surface area contributed by atoms with Gasteiger partial charge in [0.25, 0.3) is 10.1 Å². The van der Waals surface area contributed by atoms with Gasteiger partial charge in [-0.3, -0.25) is 14.0 Å². The minimum absolute atomic E-state index is 0.176. The summed E-state index contributed by atoms with van der Waals surface area (Å²) in [7, 11) is -3.64. The second kappa shape index (κ2) is 7.12. The Kier molecular flexibility index (Phi) is 5.30. The molecule has 3 rings (SSSR count). The minimum Gasteiger partial charge on any atom is -0.298 e. The molecule has 2 aliphatic rings. The number of piperazine rings is 1. The van der Waals surface area contributed by atoms with Crippen molar-refractivity contribution >= 4 is 10.1 Å². The molecule has 6 heteroatoms. The molecule has 0 amide bonds. The van der Waals surface area contributed by atoms with Crippen LogP contribution in [-0.4, -0.2) is 62.6 Å². The molecule has 0 bridgehead atoms. The van der Waals surface area contributed by atoms with Gasteiger partial charge in [-0.05, 0) is 45.7 Å². The molecule has 0 N–H and O–H groups in total. The molecule has 1 aliphatic heterocycles. The maximum absolute atomic E-state index is 12.3. The first-order chi connectivity index (χ1) is 11.3. The lowest BCUT2D eigenvalue weighted by Crippen LogP contribution is -2.56. The van der Waals surface area contributed by atoms with E-state index in [1.54, 1.807) is 24.3 Å². The molecule has 0 atom stereocenters. The SMILES string of the molecule is Cc1ccc(S(=O)(=O)O[C@H]2C[C@@H](N3CCN(C(C)C)CC3)C2)cc1. The van der Waals surface area contributed by atoms with E-state index in [1.165, 1.54) is 0 Å². The molecule has 1 saturated carbocycles. The van der Waals surface area contributed by atoms with Gasteiger partial charge < -0.3 is 0 Å². The Morgan fingerprint density at radius 1 is 1.04 bits per heavy atom. The Labute approximate surface area is 145 Å². The molecule has 24 heavy (non-hydrogen) atoms. The molecular weight excluding hydrogens is 324 g/mol. The highest BCUT2D eigenvalue weighted by atomic mass is 32.2. The van der Waals surface area contributed by atoms with E-state index in [1.807, 2.05) is 6.92 Å². The first-order valence-corrected chi connectivity index (χ1v) is 10.2. The van der Waals surface area contributed by atoms with Crippen LogP contribution >= 0.6 is 0 Å². The van der Waals surface area contributed by atoms with E-state index in [0.29, 0.717) is 12.1 Å². The Morgan fingerprint density at radius 3 is 2.17 bits per heavy atom. The summed E-state index contributed by atoms with van der Waals surface area (Å²) >= 11 is 0.